The van der Waals surface area contributed by atoms with Crippen LogP contribution in [0.5, 0.6) is 5.75 Å². The Hall–Kier alpha value is -1.64. The number of halogens is 1. The van der Waals surface area contributed by atoms with Crippen molar-refractivity contribution >= 4 is 0 Å². The summed E-state index contributed by atoms with van der Waals surface area (Å²) in [5, 5.41) is 26.7. The van der Waals surface area contributed by atoms with Gasteiger partial charge in [0, 0.05) is 5.56 Å². The summed E-state index contributed by atoms with van der Waals surface area (Å²) < 4.78 is 12.9. The summed E-state index contributed by atoms with van der Waals surface area (Å²) in [7, 11) is 0. The number of hydrogen-bond acceptors (Lipinski definition) is 4. The molecule has 0 aromatic heterocycles. The third-order valence-corrected chi connectivity index (χ3v) is 1.87. The van der Waals surface area contributed by atoms with Crippen molar-refractivity contribution in [2.75, 3.05) is 6.61 Å². The van der Waals surface area contributed by atoms with Crippen LogP contribution in [-0.4, -0.2) is 16.8 Å². The summed E-state index contributed by atoms with van der Waals surface area (Å²) in [6.45, 7) is -0.385. The number of nitrogens with two attached hydrogens (primary N) is 1. The number of hydrogen-bond donors (Lipinski definition) is 3. The van der Waals surface area contributed by atoms with Crippen molar-refractivity contribution < 1.29 is 14.6 Å². The van der Waals surface area contributed by atoms with E-state index in [4.69, 9.17) is 16.1 Å². The standard InChI is InChI=1S/C9H9FN2O2/c10-7-2-1-5(8(12)4-13)9(14)6(7)3-11/h1-2,8,13-14H,4,12H2/t8-/m0/s1. The fourth-order valence-corrected chi connectivity index (χ4v) is 1.09. The zero-order chi connectivity index (χ0) is 10.7. The lowest BCUT2D eigenvalue weighted by Gasteiger charge is -2.11. The van der Waals surface area contributed by atoms with Gasteiger partial charge in [0.15, 0.2) is 0 Å². The lowest BCUT2D eigenvalue weighted by Crippen LogP contribution is -2.15. The molecule has 1 aromatic rings. The fraction of sp³-hybridized carbons (Fsp3) is 0.222. The van der Waals surface area contributed by atoms with E-state index >= 15 is 0 Å². The number of rotatable bonds is 2. The van der Waals surface area contributed by atoms with Gasteiger partial charge in [0.05, 0.1) is 12.6 Å². The number of aliphatic hydroxyl groups is 1. The van der Waals surface area contributed by atoms with Crippen LogP contribution in [0.2, 0.25) is 0 Å². The van der Waals surface area contributed by atoms with Gasteiger partial charge in [-0.3, -0.25) is 0 Å². The van der Waals surface area contributed by atoms with Crippen LogP contribution < -0.4 is 5.73 Å². The van der Waals surface area contributed by atoms with E-state index < -0.39 is 23.2 Å². The summed E-state index contributed by atoms with van der Waals surface area (Å²) in [6.07, 6.45) is 0. The average molecular weight is 196 g/mol. The molecule has 0 spiro atoms. The minimum absolute atomic E-state index is 0.158. The van der Waals surface area contributed by atoms with Crippen molar-refractivity contribution in [3.8, 4) is 11.8 Å². The largest absolute Gasteiger partial charge is 0.506 e. The summed E-state index contributed by atoms with van der Waals surface area (Å²) in [5.41, 5.74) is 5.13. The van der Waals surface area contributed by atoms with Gasteiger partial charge in [-0.1, -0.05) is 6.07 Å². The zero-order valence-corrected chi connectivity index (χ0v) is 7.24. The first kappa shape index (κ1) is 10.4. The van der Waals surface area contributed by atoms with E-state index in [9.17, 15) is 9.50 Å². The summed E-state index contributed by atoms with van der Waals surface area (Å²) in [4.78, 5) is 0. The molecular formula is C9H9FN2O2. The maximum atomic E-state index is 12.9. The molecule has 1 rings (SSSR count). The van der Waals surface area contributed by atoms with E-state index in [1.165, 1.54) is 12.1 Å². The van der Waals surface area contributed by atoms with Crippen molar-refractivity contribution in [1.29, 1.82) is 5.26 Å². The van der Waals surface area contributed by atoms with Crippen LogP contribution in [0.15, 0.2) is 12.1 Å². The van der Waals surface area contributed by atoms with E-state index in [0.29, 0.717) is 0 Å². The highest BCUT2D eigenvalue weighted by molar-refractivity contribution is 5.49. The van der Waals surface area contributed by atoms with Gasteiger partial charge < -0.3 is 15.9 Å². The van der Waals surface area contributed by atoms with Crippen LogP contribution in [0, 0.1) is 17.1 Å². The Morgan fingerprint density at radius 2 is 2.21 bits per heavy atom. The minimum Gasteiger partial charge on any atom is -0.506 e. The topological polar surface area (TPSA) is 90.3 Å². The molecule has 0 aliphatic heterocycles. The van der Waals surface area contributed by atoms with Gasteiger partial charge in [0.2, 0.25) is 0 Å². The Morgan fingerprint density at radius 3 is 2.71 bits per heavy atom. The van der Waals surface area contributed by atoms with E-state index in [1.807, 2.05) is 0 Å². The summed E-state index contributed by atoms with van der Waals surface area (Å²) in [5.74, 6) is -1.31. The van der Waals surface area contributed by atoms with Gasteiger partial charge in [0.25, 0.3) is 0 Å². The molecule has 0 saturated carbocycles. The number of benzene rings is 1. The molecule has 4 N–H and O–H groups in total. The Labute approximate surface area is 80.0 Å². The molecule has 74 valence electrons. The third kappa shape index (κ3) is 1.66. The first-order valence-corrected chi connectivity index (χ1v) is 3.89. The predicted octanol–water partition coefficient (Wildman–Crippen LogP) is 0.395. The van der Waals surface area contributed by atoms with Gasteiger partial charge in [-0.15, -0.1) is 0 Å². The molecule has 0 heterocycles. The number of aromatic hydroxyl groups is 1. The van der Waals surface area contributed by atoms with E-state index in [0.717, 1.165) is 6.07 Å². The van der Waals surface area contributed by atoms with Gasteiger partial charge >= 0.3 is 0 Å². The molecular weight excluding hydrogens is 187 g/mol. The Morgan fingerprint density at radius 1 is 1.57 bits per heavy atom. The number of phenolic OH excluding ortho intramolecular Hbond substituents is 1. The first-order valence-electron chi connectivity index (χ1n) is 3.89. The monoisotopic (exact) mass is 196 g/mol. The van der Waals surface area contributed by atoms with Crippen LogP contribution in [0.3, 0.4) is 0 Å². The first-order chi connectivity index (χ1) is 6.61. The number of nitriles is 1. The lowest BCUT2D eigenvalue weighted by atomic mass is 10.0. The van der Waals surface area contributed by atoms with E-state index in [-0.39, 0.29) is 12.2 Å². The molecule has 0 amide bonds. The number of aliphatic hydroxyl groups excluding tert-OH is 1. The molecule has 5 heteroatoms. The van der Waals surface area contributed by atoms with Gasteiger partial charge in [-0.25, -0.2) is 4.39 Å². The molecule has 0 saturated heterocycles. The summed E-state index contributed by atoms with van der Waals surface area (Å²) in [6, 6.07) is 2.98. The SMILES string of the molecule is N#Cc1c(F)ccc([C@@H](N)CO)c1O. The third-order valence-electron chi connectivity index (χ3n) is 1.87. The molecule has 0 radical (unpaired) electrons. The van der Waals surface area contributed by atoms with E-state index in [2.05, 4.69) is 0 Å². The second kappa shape index (κ2) is 4.05. The highest BCUT2D eigenvalue weighted by Crippen LogP contribution is 2.28. The molecule has 0 aliphatic rings. The van der Waals surface area contributed by atoms with Crippen LogP contribution >= 0.6 is 0 Å². The molecule has 1 aromatic carbocycles. The van der Waals surface area contributed by atoms with Gasteiger partial charge in [-0.2, -0.15) is 5.26 Å². The quantitative estimate of drug-likeness (QED) is 0.638. The van der Waals surface area contributed by atoms with Crippen LogP contribution in [0.4, 0.5) is 4.39 Å². The van der Waals surface area contributed by atoms with Crippen molar-refractivity contribution in [1.82, 2.24) is 0 Å². The van der Waals surface area contributed by atoms with Crippen LogP contribution in [0.25, 0.3) is 0 Å². The average Bonchev–Trinajstić information content (AvgIpc) is 2.18. The second-order valence-corrected chi connectivity index (χ2v) is 2.76. The number of nitrogens with zero attached hydrogens (tertiary/aromatic N) is 1. The highest BCUT2D eigenvalue weighted by Gasteiger charge is 2.16. The molecule has 0 unspecified atom stereocenters. The van der Waals surface area contributed by atoms with E-state index in [1.54, 1.807) is 0 Å². The van der Waals surface area contributed by atoms with Gasteiger partial charge in [-0.05, 0) is 6.07 Å². The Kier molecular flexibility index (Phi) is 3.02. The van der Waals surface area contributed by atoms with Crippen LogP contribution in [0.1, 0.15) is 17.2 Å². The lowest BCUT2D eigenvalue weighted by molar-refractivity contribution is 0.265. The van der Waals surface area contributed by atoms with Crippen molar-refractivity contribution in [3.63, 3.8) is 0 Å². The van der Waals surface area contributed by atoms with Crippen LogP contribution in [-0.2, 0) is 0 Å². The predicted molar refractivity (Wildman–Crippen MR) is 46.8 cm³/mol. The highest BCUT2D eigenvalue weighted by atomic mass is 19.1. The van der Waals surface area contributed by atoms with Crippen molar-refractivity contribution in [3.05, 3.63) is 29.1 Å². The fourth-order valence-electron chi connectivity index (χ4n) is 1.09. The zero-order valence-electron chi connectivity index (χ0n) is 7.24. The Balaban J connectivity index is 3.30. The molecule has 0 bridgehead atoms. The maximum absolute atomic E-state index is 12.9. The summed E-state index contributed by atoms with van der Waals surface area (Å²) >= 11 is 0. The molecule has 14 heavy (non-hydrogen) atoms. The Bertz CT molecular complexity index is 387. The molecule has 0 fully saturated rings. The number of phenols is 1. The molecule has 4 nitrogen and oxygen atoms in total. The maximum Gasteiger partial charge on any atom is 0.144 e. The van der Waals surface area contributed by atoms with Gasteiger partial charge in [0.1, 0.15) is 23.2 Å². The normalized spacial score (nSPS) is 12.1. The van der Waals surface area contributed by atoms with Crippen molar-refractivity contribution in [2.24, 2.45) is 5.73 Å². The second-order valence-electron chi connectivity index (χ2n) is 2.76. The minimum atomic E-state index is -0.817. The molecule has 0 aliphatic carbocycles. The molecule has 1 atom stereocenters. The smallest absolute Gasteiger partial charge is 0.144 e. The van der Waals surface area contributed by atoms with Crippen molar-refractivity contribution in [2.45, 2.75) is 6.04 Å².